The van der Waals surface area contributed by atoms with Crippen molar-refractivity contribution in [2.75, 3.05) is 0 Å². The highest BCUT2D eigenvalue weighted by atomic mass is 16.3. The standard InChI is InChI=1S/C22H12N2O/c23-13-17-11-19-20(12-18(17)14-24)22(16-9-5-2-6-10-16)25-21(19)15-7-3-1-4-8-15/h1-12H. The van der Waals surface area contributed by atoms with Crippen LogP contribution < -0.4 is 0 Å². The van der Waals surface area contributed by atoms with Gasteiger partial charge in [-0.05, 0) is 12.1 Å². The molecule has 116 valence electrons. The Morgan fingerprint density at radius 3 is 1.36 bits per heavy atom. The van der Waals surface area contributed by atoms with E-state index >= 15 is 0 Å². The summed E-state index contributed by atoms with van der Waals surface area (Å²) in [6, 6.07) is 27.2. The molecule has 4 aromatic rings. The van der Waals surface area contributed by atoms with Gasteiger partial charge in [0.25, 0.3) is 0 Å². The van der Waals surface area contributed by atoms with E-state index < -0.39 is 0 Å². The van der Waals surface area contributed by atoms with Crippen LogP contribution in [-0.4, -0.2) is 0 Å². The number of hydrogen-bond donors (Lipinski definition) is 0. The van der Waals surface area contributed by atoms with Gasteiger partial charge >= 0.3 is 0 Å². The summed E-state index contributed by atoms with van der Waals surface area (Å²) < 4.78 is 6.22. The zero-order chi connectivity index (χ0) is 17.2. The third kappa shape index (κ3) is 2.45. The minimum absolute atomic E-state index is 0.354. The molecule has 0 amide bonds. The van der Waals surface area contributed by atoms with Crippen LogP contribution in [0.2, 0.25) is 0 Å². The third-order valence-electron chi connectivity index (χ3n) is 4.16. The van der Waals surface area contributed by atoms with Crippen LogP contribution in [-0.2, 0) is 0 Å². The molecule has 1 heterocycles. The van der Waals surface area contributed by atoms with Crippen molar-refractivity contribution >= 4 is 10.8 Å². The average molecular weight is 320 g/mol. The van der Waals surface area contributed by atoms with E-state index in [0.717, 1.165) is 21.9 Å². The van der Waals surface area contributed by atoms with E-state index in [-0.39, 0.29) is 0 Å². The van der Waals surface area contributed by atoms with Gasteiger partial charge < -0.3 is 4.42 Å². The molecule has 3 heteroatoms. The number of hydrogen-bond acceptors (Lipinski definition) is 3. The summed E-state index contributed by atoms with van der Waals surface area (Å²) in [4.78, 5) is 0. The first-order chi connectivity index (χ1) is 12.3. The minimum Gasteiger partial charge on any atom is -0.455 e. The number of rotatable bonds is 2. The van der Waals surface area contributed by atoms with Crippen molar-refractivity contribution in [2.45, 2.75) is 0 Å². The quantitative estimate of drug-likeness (QED) is 0.489. The van der Waals surface area contributed by atoms with Gasteiger partial charge in [0.1, 0.15) is 23.7 Å². The lowest BCUT2D eigenvalue weighted by atomic mass is 9.99. The summed E-state index contributed by atoms with van der Waals surface area (Å²) in [5.74, 6) is 1.41. The second-order valence-corrected chi connectivity index (χ2v) is 5.66. The lowest BCUT2D eigenvalue weighted by Gasteiger charge is -1.99. The zero-order valence-electron chi connectivity index (χ0n) is 13.2. The predicted octanol–water partition coefficient (Wildman–Crippen LogP) is 5.51. The van der Waals surface area contributed by atoms with Crippen molar-refractivity contribution in [3.8, 4) is 34.8 Å². The zero-order valence-corrected chi connectivity index (χ0v) is 13.2. The van der Waals surface area contributed by atoms with E-state index in [1.807, 2.05) is 60.7 Å². The van der Waals surface area contributed by atoms with E-state index in [4.69, 9.17) is 4.42 Å². The van der Waals surface area contributed by atoms with Gasteiger partial charge in [-0.2, -0.15) is 10.5 Å². The lowest BCUT2D eigenvalue weighted by Crippen LogP contribution is -1.84. The summed E-state index contributed by atoms with van der Waals surface area (Å²) in [6.45, 7) is 0. The summed E-state index contributed by atoms with van der Waals surface area (Å²) in [5.41, 5.74) is 2.58. The van der Waals surface area contributed by atoms with Gasteiger partial charge in [-0.1, -0.05) is 60.7 Å². The molecular formula is C22H12N2O. The van der Waals surface area contributed by atoms with E-state index in [9.17, 15) is 10.5 Å². The fraction of sp³-hybridized carbons (Fsp3) is 0. The Kier molecular flexibility index (Phi) is 3.54. The van der Waals surface area contributed by atoms with E-state index in [2.05, 4.69) is 12.1 Å². The van der Waals surface area contributed by atoms with Gasteiger partial charge in [0.05, 0.1) is 11.1 Å². The molecule has 0 aliphatic heterocycles. The Bertz CT molecular complexity index is 1050. The molecule has 0 aliphatic rings. The smallest absolute Gasteiger partial charge is 0.142 e. The largest absolute Gasteiger partial charge is 0.455 e. The van der Waals surface area contributed by atoms with Gasteiger partial charge in [-0.15, -0.1) is 0 Å². The van der Waals surface area contributed by atoms with Crippen LogP contribution in [0.25, 0.3) is 33.4 Å². The molecule has 0 bridgehead atoms. The molecule has 0 spiro atoms. The highest BCUT2D eigenvalue weighted by molar-refractivity contribution is 6.04. The topological polar surface area (TPSA) is 60.7 Å². The molecule has 25 heavy (non-hydrogen) atoms. The maximum Gasteiger partial charge on any atom is 0.142 e. The molecule has 3 aromatic carbocycles. The van der Waals surface area contributed by atoms with Gasteiger partial charge in [-0.25, -0.2) is 0 Å². The van der Waals surface area contributed by atoms with Crippen LogP contribution in [0.5, 0.6) is 0 Å². The maximum absolute atomic E-state index is 9.36. The number of benzene rings is 3. The number of nitriles is 2. The number of furan rings is 1. The average Bonchev–Trinajstić information content (AvgIpc) is 3.06. The van der Waals surface area contributed by atoms with Crippen LogP contribution in [0.3, 0.4) is 0 Å². The summed E-state index contributed by atoms with van der Waals surface area (Å²) >= 11 is 0. The third-order valence-corrected chi connectivity index (χ3v) is 4.16. The maximum atomic E-state index is 9.36. The molecule has 0 aliphatic carbocycles. The van der Waals surface area contributed by atoms with Gasteiger partial charge in [0.15, 0.2) is 0 Å². The molecular weight excluding hydrogens is 308 g/mol. The summed E-state index contributed by atoms with van der Waals surface area (Å²) in [5, 5.41) is 20.4. The molecule has 0 saturated carbocycles. The van der Waals surface area contributed by atoms with Crippen LogP contribution in [0.15, 0.2) is 77.2 Å². The first-order valence-electron chi connectivity index (χ1n) is 7.83. The monoisotopic (exact) mass is 320 g/mol. The molecule has 4 rings (SSSR count). The summed E-state index contributed by atoms with van der Waals surface area (Å²) in [7, 11) is 0. The Labute approximate surface area is 145 Å². The lowest BCUT2D eigenvalue weighted by molar-refractivity contribution is 0.602. The normalized spacial score (nSPS) is 10.3. The van der Waals surface area contributed by atoms with E-state index in [1.165, 1.54) is 0 Å². The molecule has 3 nitrogen and oxygen atoms in total. The Morgan fingerprint density at radius 1 is 0.600 bits per heavy atom. The highest BCUT2D eigenvalue weighted by Gasteiger charge is 2.18. The molecule has 0 unspecified atom stereocenters. The van der Waals surface area contributed by atoms with Gasteiger partial charge in [0.2, 0.25) is 0 Å². The first kappa shape index (κ1) is 14.8. The van der Waals surface area contributed by atoms with Crippen molar-refractivity contribution < 1.29 is 4.42 Å². The molecule has 0 fully saturated rings. The first-order valence-corrected chi connectivity index (χ1v) is 7.83. The molecule has 0 atom stereocenters. The molecule has 0 radical (unpaired) electrons. The summed E-state index contributed by atoms with van der Waals surface area (Å²) in [6.07, 6.45) is 0. The van der Waals surface area contributed by atoms with Crippen LogP contribution in [0.1, 0.15) is 11.1 Å². The second-order valence-electron chi connectivity index (χ2n) is 5.66. The predicted molar refractivity (Wildman–Crippen MR) is 96.5 cm³/mol. The van der Waals surface area contributed by atoms with Crippen molar-refractivity contribution in [3.63, 3.8) is 0 Å². The van der Waals surface area contributed by atoms with Crippen LogP contribution >= 0.6 is 0 Å². The SMILES string of the molecule is N#Cc1cc2c(-c3ccccc3)oc(-c3ccccc3)c2cc1C#N. The molecule has 1 aromatic heterocycles. The van der Waals surface area contributed by atoms with Crippen LogP contribution in [0.4, 0.5) is 0 Å². The Balaban J connectivity index is 2.10. The Morgan fingerprint density at radius 2 is 1.00 bits per heavy atom. The van der Waals surface area contributed by atoms with Crippen LogP contribution in [0, 0.1) is 22.7 Å². The molecule has 0 saturated heterocycles. The Hall–Kier alpha value is -3.82. The van der Waals surface area contributed by atoms with Gasteiger partial charge in [-0.3, -0.25) is 0 Å². The number of fused-ring (bicyclic) bond motifs is 1. The van der Waals surface area contributed by atoms with Crippen molar-refractivity contribution in [1.29, 1.82) is 10.5 Å². The van der Waals surface area contributed by atoms with E-state index in [0.29, 0.717) is 22.6 Å². The fourth-order valence-corrected chi connectivity index (χ4v) is 2.98. The second kappa shape index (κ2) is 6.00. The van der Waals surface area contributed by atoms with Crippen molar-refractivity contribution in [2.24, 2.45) is 0 Å². The van der Waals surface area contributed by atoms with Crippen molar-refractivity contribution in [3.05, 3.63) is 83.9 Å². The minimum atomic E-state index is 0.354. The van der Waals surface area contributed by atoms with Crippen molar-refractivity contribution in [1.82, 2.24) is 0 Å². The van der Waals surface area contributed by atoms with Gasteiger partial charge in [0, 0.05) is 21.9 Å². The highest BCUT2D eigenvalue weighted by Crippen LogP contribution is 2.40. The fourth-order valence-electron chi connectivity index (χ4n) is 2.98. The van der Waals surface area contributed by atoms with E-state index in [1.54, 1.807) is 12.1 Å². The molecule has 0 N–H and O–H groups in total. The number of nitrogens with zero attached hydrogens (tertiary/aromatic N) is 2.